The molecular formula is C20H24ClNO5. The SMILES string of the molecule is CCOc1cc(C(=O)Nc2cc(Cl)ccc2OC)cc(OCC)c1OCC. The second kappa shape index (κ2) is 9.92. The van der Waals surface area contributed by atoms with E-state index in [1.165, 1.54) is 7.11 Å². The Morgan fingerprint density at radius 2 is 1.52 bits per heavy atom. The highest BCUT2D eigenvalue weighted by molar-refractivity contribution is 6.31. The smallest absolute Gasteiger partial charge is 0.256 e. The second-order valence-corrected chi connectivity index (χ2v) is 5.84. The molecule has 27 heavy (non-hydrogen) atoms. The van der Waals surface area contributed by atoms with Crippen LogP contribution in [0.25, 0.3) is 0 Å². The largest absolute Gasteiger partial charge is 0.495 e. The van der Waals surface area contributed by atoms with E-state index in [9.17, 15) is 4.79 Å². The topological polar surface area (TPSA) is 66.0 Å². The quantitative estimate of drug-likeness (QED) is 0.663. The van der Waals surface area contributed by atoms with Crippen LogP contribution < -0.4 is 24.3 Å². The van der Waals surface area contributed by atoms with E-state index in [4.69, 9.17) is 30.5 Å². The molecule has 0 atom stereocenters. The Morgan fingerprint density at radius 1 is 0.926 bits per heavy atom. The summed E-state index contributed by atoms with van der Waals surface area (Å²) in [5.41, 5.74) is 0.840. The zero-order valence-corrected chi connectivity index (χ0v) is 16.7. The van der Waals surface area contributed by atoms with Gasteiger partial charge in [0.25, 0.3) is 5.91 Å². The van der Waals surface area contributed by atoms with Gasteiger partial charge in [-0.3, -0.25) is 4.79 Å². The highest BCUT2D eigenvalue weighted by Crippen LogP contribution is 2.39. The summed E-state index contributed by atoms with van der Waals surface area (Å²) in [5.74, 6) is 1.55. The maximum Gasteiger partial charge on any atom is 0.256 e. The summed E-state index contributed by atoms with van der Waals surface area (Å²) in [6.07, 6.45) is 0. The van der Waals surface area contributed by atoms with E-state index in [1.807, 2.05) is 20.8 Å². The number of ether oxygens (including phenoxy) is 4. The Kier molecular flexibility index (Phi) is 7.61. The zero-order valence-electron chi connectivity index (χ0n) is 15.9. The van der Waals surface area contributed by atoms with E-state index in [2.05, 4.69) is 5.32 Å². The number of benzene rings is 2. The van der Waals surface area contributed by atoms with Crippen LogP contribution in [-0.2, 0) is 0 Å². The number of carbonyl (C=O) groups excluding carboxylic acids is 1. The third-order valence-electron chi connectivity index (χ3n) is 3.58. The molecule has 0 saturated heterocycles. The summed E-state index contributed by atoms with van der Waals surface area (Å²) in [5, 5.41) is 3.30. The van der Waals surface area contributed by atoms with E-state index in [1.54, 1.807) is 30.3 Å². The summed E-state index contributed by atoms with van der Waals surface area (Å²) in [6.45, 7) is 6.90. The molecule has 0 aliphatic heterocycles. The summed E-state index contributed by atoms with van der Waals surface area (Å²) in [4.78, 5) is 12.8. The van der Waals surface area contributed by atoms with Crippen LogP contribution in [0.4, 0.5) is 5.69 Å². The Labute approximate surface area is 164 Å². The lowest BCUT2D eigenvalue weighted by Crippen LogP contribution is -2.14. The number of methoxy groups -OCH3 is 1. The molecule has 0 bridgehead atoms. The molecule has 2 aromatic carbocycles. The third kappa shape index (κ3) is 5.20. The Hall–Kier alpha value is -2.60. The number of halogens is 1. The Morgan fingerprint density at radius 3 is 2.04 bits per heavy atom. The van der Waals surface area contributed by atoms with Crippen molar-refractivity contribution in [1.82, 2.24) is 0 Å². The average Bonchev–Trinajstić information content (AvgIpc) is 2.64. The summed E-state index contributed by atoms with van der Waals surface area (Å²) < 4.78 is 22.2. The first-order valence-corrected chi connectivity index (χ1v) is 9.13. The van der Waals surface area contributed by atoms with Gasteiger partial charge in [-0.15, -0.1) is 0 Å². The molecule has 2 rings (SSSR count). The minimum Gasteiger partial charge on any atom is -0.495 e. The van der Waals surface area contributed by atoms with Gasteiger partial charge in [0, 0.05) is 10.6 Å². The molecule has 0 unspecified atom stereocenters. The van der Waals surface area contributed by atoms with E-state index in [-0.39, 0.29) is 5.91 Å². The highest BCUT2D eigenvalue weighted by Gasteiger charge is 2.19. The summed E-state index contributed by atoms with van der Waals surface area (Å²) in [6, 6.07) is 8.26. The first-order valence-electron chi connectivity index (χ1n) is 8.75. The first-order chi connectivity index (χ1) is 13.0. The molecule has 0 aliphatic carbocycles. The van der Waals surface area contributed by atoms with Crippen LogP contribution >= 0.6 is 11.6 Å². The van der Waals surface area contributed by atoms with Gasteiger partial charge in [-0.1, -0.05) is 11.6 Å². The van der Waals surface area contributed by atoms with Crippen molar-refractivity contribution >= 4 is 23.2 Å². The van der Waals surface area contributed by atoms with Gasteiger partial charge in [0.15, 0.2) is 11.5 Å². The van der Waals surface area contributed by atoms with Gasteiger partial charge in [0.1, 0.15) is 5.75 Å². The van der Waals surface area contributed by atoms with Crippen molar-refractivity contribution in [2.45, 2.75) is 20.8 Å². The third-order valence-corrected chi connectivity index (χ3v) is 3.82. The van der Waals surface area contributed by atoms with Gasteiger partial charge in [0.05, 0.1) is 32.6 Å². The molecule has 7 heteroatoms. The van der Waals surface area contributed by atoms with Crippen LogP contribution in [0.3, 0.4) is 0 Å². The van der Waals surface area contributed by atoms with Crippen LogP contribution in [0.2, 0.25) is 5.02 Å². The van der Waals surface area contributed by atoms with Crippen LogP contribution in [0.5, 0.6) is 23.0 Å². The van der Waals surface area contributed by atoms with Gasteiger partial charge in [0.2, 0.25) is 5.75 Å². The first kappa shape index (κ1) is 20.7. The molecule has 1 N–H and O–H groups in total. The van der Waals surface area contributed by atoms with E-state index < -0.39 is 0 Å². The molecule has 0 fully saturated rings. The maximum absolute atomic E-state index is 12.8. The molecule has 2 aromatic rings. The predicted octanol–water partition coefficient (Wildman–Crippen LogP) is 4.80. The van der Waals surface area contributed by atoms with E-state index >= 15 is 0 Å². The molecular weight excluding hydrogens is 370 g/mol. The number of amides is 1. The van der Waals surface area contributed by atoms with Crippen LogP contribution in [-0.4, -0.2) is 32.8 Å². The van der Waals surface area contributed by atoms with Crippen molar-refractivity contribution < 1.29 is 23.7 Å². The monoisotopic (exact) mass is 393 g/mol. The van der Waals surface area contributed by atoms with Gasteiger partial charge in [-0.2, -0.15) is 0 Å². The van der Waals surface area contributed by atoms with Crippen molar-refractivity contribution in [2.24, 2.45) is 0 Å². The number of nitrogens with one attached hydrogen (secondary N) is 1. The number of hydrogen-bond acceptors (Lipinski definition) is 5. The molecule has 0 saturated carbocycles. The van der Waals surface area contributed by atoms with Crippen LogP contribution in [0.1, 0.15) is 31.1 Å². The Bertz CT molecular complexity index is 767. The van der Waals surface area contributed by atoms with E-state index in [0.29, 0.717) is 59.1 Å². The normalized spacial score (nSPS) is 10.3. The van der Waals surface area contributed by atoms with E-state index in [0.717, 1.165) is 0 Å². The molecule has 6 nitrogen and oxygen atoms in total. The van der Waals surface area contributed by atoms with Crippen LogP contribution in [0, 0.1) is 0 Å². The average molecular weight is 394 g/mol. The summed E-state index contributed by atoms with van der Waals surface area (Å²) in [7, 11) is 1.52. The number of anilines is 1. The van der Waals surface area contributed by atoms with Gasteiger partial charge in [-0.05, 0) is 51.1 Å². The number of carbonyl (C=O) groups is 1. The van der Waals surface area contributed by atoms with Gasteiger partial charge >= 0.3 is 0 Å². The molecule has 0 spiro atoms. The maximum atomic E-state index is 12.8. The molecule has 0 aromatic heterocycles. The summed E-state index contributed by atoms with van der Waals surface area (Å²) >= 11 is 6.03. The second-order valence-electron chi connectivity index (χ2n) is 5.40. The van der Waals surface area contributed by atoms with Crippen molar-refractivity contribution in [3.8, 4) is 23.0 Å². The van der Waals surface area contributed by atoms with Gasteiger partial charge < -0.3 is 24.3 Å². The standard InChI is InChI=1S/C20H24ClNO5/c1-5-25-17-10-13(11-18(26-6-2)19(17)27-7-3)20(23)22-15-12-14(21)8-9-16(15)24-4/h8-12H,5-7H2,1-4H3,(H,22,23). The fraction of sp³-hybridized carbons (Fsp3) is 0.350. The fourth-order valence-electron chi connectivity index (χ4n) is 2.49. The number of rotatable bonds is 9. The zero-order chi connectivity index (χ0) is 19.8. The van der Waals surface area contributed by atoms with Crippen molar-refractivity contribution in [3.05, 3.63) is 40.9 Å². The molecule has 146 valence electrons. The lowest BCUT2D eigenvalue weighted by Gasteiger charge is -2.17. The number of hydrogen-bond donors (Lipinski definition) is 1. The lowest BCUT2D eigenvalue weighted by atomic mass is 10.1. The Balaban J connectivity index is 2.41. The van der Waals surface area contributed by atoms with Crippen molar-refractivity contribution in [1.29, 1.82) is 0 Å². The predicted molar refractivity (Wildman–Crippen MR) is 106 cm³/mol. The molecule has 1 amide bonds. The molecule has 0 aliphatic rings. The van der Waals surface area contributed by atoms with Crippen molar-refractivity contribution in [2.75, 3.05) is 32.2 Å². The molecule has 0 heterocycles. The fourth-order valence-corrected chi connectivity index (χ4v) is 2.66. The van der Waals surface area contributed by atoms with Crippen LogP contribution in [0.15, 0.2) is 30.3 Å². The molecule has 0 radical (unpaired) electrons. The van der Waals surface area contributed by atoms with Crippen molar-refractivity contribution in [3.63, 3.8) is 0 Å². The lowest BCUT2D eigenvalue weighted by molar-refractivity contribution is 0.102. The minimum atomic E-state index is -0.347. The minimum absolute atomic E-state index is 0.347. The van der Waals surface area contributed by atoms with Gasteiger partial charge in [-0.25, -0.2) is 0 Å². The highest BCUT2D eigenvalue weighted by atomic mass is 35.5.